The average molecular weight is 353 g/mol. The van der Waals surface area contributed by atoms with E-state index in [2.05, 4.69) is 21.2 Å². The number of nitro groups is 1. The van der Waals surface area contributed by atoms with Crippen molar-refractivity contribution in [1.82, 2.24) is 0 Å². The summed E-state index contributed by atoms with van der Waals surface area (Å²) in [6.07, 6.45) is 0. The van der Waals surface area contributed by atoms with E-state index in [-0.39, 0.29) is 21.4 Å². The van der Waals surface area contributed by atoms with Gasteiger partial charge in [0.25, 0.3) is 11.6 Å². The summed E-state index contributed by atoms with van der Waals surface area (Å²) in [5, 5.41) is 13.4. The zero-order valence-corrected chi connectivity index (χ0v) is 12.5. The third-order valence-electron chi connectivity index (χ3n) is 2.78. The van der Waals surface area contributed by atoms with E-state index in [9.17, 15) is 19.3 Å². The molecule has 2 aromatic carbocycles. The van der Waals surface area contributed by atoms with Crippen LogP contribution in [-0.2, 0) is 0 Å². The standard InChI is InChI=1S/C14H10BrFN2O3/c1-8-2-5-13(18(20)21)12(6-8)17-14(19)9-3-4-11(16)10(15)7-9/h2-7H,1H3,(H,17,19). The fourth-order valence-corrected chi connectivity index (χ4v) is 2.12. The molecule has 0 saturated carbocycles. The number of nitrogens with zero attached hydrogens (tertiary/aromatic N) is 1. The average Bonchev–Trinajstić information content (AvgIpc) is 2.41. The molecule has 0 aliphatic carbocycles. The van der Waals surface area contributed by atoms with Crippen LogP contribution in [0.25, 0.3) is 0 Å². The van der Waals surface area contributed by atoms with Crippen LogP contribution in [0.1, 0.15) is 15.9 Å². The molecule has 0 aromatic heterocycles. The number of nitro benzene ring substituents is 1. The van der Waals surface area contributed by atoms with E-state index >= 15 is 0 Å². The summed E-state index contributed by atoms with van der Waals surface area (Å²) in [5.74, 6) is -1.04. The van der Waals surface area contributed by atoms with Crippen LogP contribution in [-0.4, -0.2) is 10.8 Å². The molecule has 7 heteroatoms. The Hall–Kier alpha value is -2.28. The molecule has 0 atom stereocenters. The number of nitrogens with one attached hydrogen (secondary N) is 1. The maximum absolute atomic E-state index is 13.1. The van der Waals surface area contributed by atoms with Gasteiger partial charge in [-0.15, -0.1) is 0 Å². The van der Waals surface area contributed by atoms with Crippen LogP contribution in [0.2, 0.25) is 0 Å². The van der Waals surface area contributed by atoms with E-state index < -0.39 is 16.6 Å². The molecule has 0 bridgehead atoms. The second kappa shape index (κ2) is 6.01. The highest BCUT2D eigenvalue weighted by Gasteiger charge is 2.17. The topological polar surface area (TPSA) is 72.2 Å². The van der Waals surface area contributed by atoms with E-state index in [1.54, 1.807) is 13.0 Å². The zero-order chi connectivity index (χ0) is 15.6. The van der Waals surface area contributed by atoms with E-state index in [4.69, 9.17) is 0 Å². The van der Waals surface area contributed by atoms with Gasteiger partial charge < -0.3 is 5.32 Å². The molecule has 0 unspecified atom stereocenters. The second-order valence-electron chi connectivity index (χ2n) is 4.36. The number of benzene rings is 2. The Balaban J connectivity index is 2.33. The minimum Gasteiger partial charge on any atom is -0.316 e. The molecule has 0 heterocycles. The summed E-state index contributed by atoms with van der Waals surface area (Å²) in [6.45, 7) is 1.76. The van der Waals surface area contributed by atoms with Gasteiger partial charge >= 0.3 is 0 Å². The largest absolute Gasteiger partial charge is 0.316 e. The van der Waals surface area contributed by atoms with Gasteiger partial charge in [-0.3, -0.25) is 14.9 Å². The first-order valence-electron chi connectivity index (χ1n) is 5.90. The predicted molar refractivity (Wildman–Crippen MR) is 79.9 cm³/mol. The number of amides is 1. The van der Waals surface area contributed by atoms with Gasteiger partial charge in [-0.25, -0.2) is 4.39 Å². The lowest BCUT2D eigenvalue weighted by molar-refractivity contribution is -0.383. The molecule has 2 rings (SSSR count). The minimum atomic E-state index is -0.574. The van der Waals surface area contributed by atoms with Crippen molar-refractivity contribution in [2.45, 2.75) is 6.92 Å². The summed E-state index contributed by atoms with van der Waals surface area (Å²) in [7, 11) is 0. The van der Waals surface area contributed by atoms with Crippen LogP contribution in [0.15, 0.2) is 40.9 Å². The van der Waals surface area contributed by atoms with Gasteiger partial charge in [0.15, 0.2) is 0 Å². The maximum Gasteiger partial charge on any atom is 0.292 e. The van der Waals surface area contributed by atoms with Gasteiger partial charge in [0, 0.05) is 11.6 Å². The first-order valence-corrected chi connectivity index (χ1v) is 6.69. The highest BCUT2D eigenvalue weighted by atomic mass is 79.9. The Labute approximate surface area is 128 Å². The first kappa shape index (κ1) is 15.1. The monoisotopic (exact) mass is 352 g/mol. The van der Waals surface area contributed by atoms with Crippen LogP contribution < -0.4 is 5.32 Å². The van der Waals surface area contributed by atoms with Crippen LogP contribution in [0, 0.1) is 22.9 Å². The Morgan fingerprint density at radius 2 is 2.00 bits per heavy atom. The Bertz CT molecular complexity index is 734. The summed E-state index contributed by atoms with van der Waals surface area (Å²) >= 11 is 2.99. The van der Waals surface area contributed by atoms with Gasteiger partial charge in [0.1, 0.15) is 11.5 Å². The van der Waals surface area contributed by atoms with Crippen molar-refractivity contribution in [2.24, 2.45) is 0 Å². The summed E-state index contributed by atoms with van der Waals surface area (Å²) < 4.78 is 13.3. The molecule has 1 amide bonds. The number of halogens is 2. The summed E-state index contributed by atoms with van der Waals surface area (Å²) in [4.78, 5) is 22.5. The Morgan fingerprint density at radius 3 is 2.62 bits per heavy atom. The molecule has 0 aliphatic heterocycles. The summed E-state index contributed by atoms with van der Waals surface area (Å²) in [5.41, 5.74) is 0.871. The molecule has 0 fully saturated rings. The summed E-state index contributed by atoms with van der Waals surface area (Å²) in [6, 6.07) is 8.18. The molecule has 108 valence electrons. The third kappa shape index (κ3) is 3.43. The number of anilines is 1. The van der Waals surface area contributed by atoms with Crippen molar-refractivity contribution in [3.05, 3.63) is 67.9 Å². The van der Waals surface area contributed by atoms with Crippen molar-refractivity contribution >= 4 is 33.2 Å². The number of carbonyl (C=O) groups excluding carboxylic acids is 1. The van der Waals surface area contributed by atoms with Crippen molar-refractivity contribution in [2.75, 3.05) is 5.32 Å². The van der Waals surface area contributed by atoms with Crippen LogP contribution in [0.5, 0.6) is 0 Å². The SMILES string of the molecule is Cc1ccc([N+](=O)[O-])c(NC(=O)c2ccc(F)c(Br)c2)c1. The lowest BCUT2D eigenvalue weighted by Crippen LogP contribution is -2.13. The number of hydrogen-bond donors (Lipinski definition) is 1. The van der Waals surface area contributed by atoms with E-state index in [0.29, 0.717) is 0 Å². The van der Waals surface area contributed by atoms with Crippen molar-refractivity contribution < 1.29 is 14.1 Å². The molecule has 0 spiro atoms. The number of aryl methyl sites for hydroxylation is 1. The van der Waals surface area contributed by atoms with Gasteiger partial charge in [-0.05, 0) is 52.7 Å². The number of rotatable bonds is 3. The highest BCUT2D eigenvalue weighted by Crippen LogP contribution is 2.26. The van der Waals surface area contributed by atoms with E-state index in [1.807, 2.05) is 0 Å². The van der Waals surface area contributed by atoms with Crippen molar-refractivity contribution in [3.8, 4) is 0 Å². The van der Waals surface area contributed by atoms with E-state index in [1.165, 1.54) is 24.3 Å². The number of carbonyl (C=O) groups is 1. The molecule has 0 saturated heterocycles. The maximum atomic E-state index is 13.1. The smallest absolute Gasteiger partial charge is 0.292 e. The Morgan fingerprint density at radius 1 is 1.29 bits per heavy atom. The second-order valence-corrected chi connectivity index (χ2v) is 5.22. The van der Waals surface area contributed by atoms with Gasteiger partial charge in [0.2, 0.25) is 0 Å². The van der Waals surface area contributed by atoms with Crippen LogP contribution in [0.3, 0.4) is 0 Å². The molecule has 1 N–H and O–H groups in total. The zero-order valence-electron chi connectivity index (χ0n) is 10.9. The highest BCUT2D eigenvalue weighted by molar-refractivity contribution is 9.10. The number of hydrogen-bond acceptors (Lipinski definition) is 3. The lowest BCUT2D eigenvalue weighted by atomic mass is 10.1. The van der Waals surface area contributed by atoms with E-state index in [0.717, 1.165) is 11.6 Å². The molecule has 0 aliphatic rings. The molecular weight excluding hydrogens is 343 g/mol. The molecule has 5 nitrogen and oxygen atoms in total. The van der Waals surface area contributed by atoms with Gasteiger partial charge in [0.05, 0.1) is 9.40 Å². The lowest BCUT2D eigenvalue weighted by Gasteiger charge is -2.07. The molecular formula is C14H10BrFN2O3. The minimum absolute atomic E-state index is 0.102. The van der Waals surface area contributed by atoms with Gasteiger partial charge in [-0.2, -0.15) is 0 Å². The molecule has 2 aromatic rings. The van der Waals surface area contributed by atoms with Crippen LogP contribution in [0.4, 0.5) is 15.8 Å². The Kier molecular flexibility index (Phi) is 4.32. The first-order chi connectivity index (χ1) is 9.88. The fraction of sp³-hybridized carbons (Fsp3) is 0.0714. The van der Waals surface area contributed by atoms with Gasteiger partial charge in [-0.1, -0.05) is 6.07 Å². The van der Waals surface area contributed by atoms with Crippen LogP contribution >= 0.6 is 15.9 Å². The van der Waals surface area contributed by atoms with Crippen molar-refractivity contribution in [1.29, 1.82) is 0 Å². The fourth-order valence-electron chi connectivity index (χ4n) is 1.74. The van der Waals surface area contributed by atoms with Crippen molar-refractivity contribution in [3.63, 3.8) is 0 Å². The normalized spacial score (nSPS) is 10.2. The molecule has 21 heavy (non-hydrogen) atoms. The molecule has 0 radical (unpaired) electrons. The predicted octanol–water partition coefficient (Wildman–Crippen LogP) is 4.06. The third-order valence-corrected chi connectivity index (χ3v) is 3.39. The quantitative estimate of drug-likeness (QED) is 0.668.